The fraction of sp³-hybridized carbons (Fsp3) is 1.00. The molecule has 1 heteroatoms. The van der Waals surface area contributed by atoms with Crippen LogP contribution in [0.15, 0.2) is 0 Å². The quantitative estimate of drug-likeness (QED) is 0.676. The third kappa shape index (κ3) is 2.50. The van der Waals surface area contributed by atoms with E-state index in [0.29, 0.717) is 0 Å². The van der Waals surface area contributed by atoms with Gasteiger partial charge in [0.25, 0.3) is 0 Å². The lowest BCUT2D eigenvalue weighted by molar-refractivity contribution is 0.181. The first-order valence-corrected chi connectivity index (χ1v) is 6.51. The molecule has 14 heavy (non-hydrogen) atoms. The van der Waals surface area contributed by atoms with Gasteiger partial charge in [-0.3, -0.25) is 0 Å². The molecule has 0 amide bonds. The highest BCUT2D eigenvalue weighted by molar-refractivity contribution is 4.86. The van der Waals surface area contributed by atoms with Gasteiger partial charge in [0.2, 0.25) is 0 Å². The maximum Gasteiger partial charge on any atom is 0.00979 e. The van der Waals surface area contributed by atoms with Gasteiger partial charge < -0.3 is 5.32 Å². The standard InChI is InChI=1S/C13H25N/c1-10-5-3-7-12(9-10)13-8-4-6-11(2)14-13/h10-14H,3-9H2,1-2H3. The fourth-order valence-corrected chi connectivity index (χ4v) is 3.39. The molecular formula is C13H25N. The van der Waals surface area contributed by atoms with Crippen LogP contribution in [0, 0.1) is 11.8 Å². The highest BCUT2D eigenvalue weighted by atomic mass is 15.0. The molecule has 0 aromatic heterocycles. The van der Waals surface area contributed by atoms with Crippen molar-refractivity contribution in [3.63, 3.8) is 0 Å². The first-order chi connectivity index (χ1) is 6.75. The Kier molecular flexibility index (Phi) is 3.48. The van der Waals surface area contributed by atoms with Gasteiger partial charge in [-0.1, -0.05) is 26.2 Å². The Morgan fingerprint density at radius 3 is 2.43 bits per heavy atom. The molecule has 0 aromatic rings. The van der Waals surface area contributed by atoms with Gasteiger partial charge in [-0.2, -0.15) is 0 Å². The Hall–Kier alpha value is -0.0400. The van der Waals surface area contributed by atoms with E-state index in [0.717, 1.165) is 23.9 Å². The van der Waals surface area contributed by atoms with Crippen LogP contribution in [0.4, 0.5) is 0 Å². The average molecular weight is 195 g/mol. The minimum Gasteiger partial charge on any atom is -0.311 e. The topological polar surface area (TPSA) is 12.0 Å². The molecule has 4 unspecified atom stereocenters. The van der Waals surface area contributed by atoms with E-state index in [1.807, 2.05) is 0 Å². The molecule has 0 radical (unpaired) electrons. The molecule has 4 atom stereocenters. The summed E-state index contributed by atoms with van der Waals surface area (Å²) in [6, 6.07) is 1.62. The van der Waals surface area contributed by atoms with Crippen molar-refractivity contribution in [1.29, 1.82) is 0 Å². The average Bonchev–Trinajstić information content (AvgIpc) is 2.18. The summed E-state index contributed by atoms with van der Waals surface area (Å²) in [4.78, 5) is 0. The summed E-state index contributed by atoms with van der Waals surface area (Å²) in [7, 11) is 0. The van der Waals surface area contributed by atoms with Gasteiger partial charge in [-0.25, -0.2) is 0 Å². The Morgan fingerprint density at radius 2 is 1.71 bits per heavy atom. The zero-order valence-corrected chi connectivity index (χ0v) is 9.76. The largest absolute Gasteiger partial charge is 0.311 e. The number of hydrogen-bond acceptors (Lipinski definition) is 1. The molecule has 2 rings (SSSR count). The van der Waals surface area contributed by atoms with Crippen LogP contribution in [0.1, 0.15) is 58.8 Å². The number of nitrogens with one attached hydrogen (secondary N) is 1. The summed E-state index contributed by atoms with van der Waals surface area (Å²) in [5, 5.41) is 3.81. The van der Waals surface area contributed by atoms with Crippen LogP contribution in [0.25, 0.3) is 0 Å². The predicted molar refractivity (Wildman–Crippen MR) is 61.4 cm³/mol. The molecule has 0 bridgehead atoms. The molecule has 0 aromatic carbocycles. The molecule has 2 fully saturated rings. The van der Waals surface area contributed by atoms with Crippen molar-refractivity contribution < 1.29 is 0 Å². The van der Waals surface area contributed by atoms with E-state index in [-0.39, 0.29) is 0 Å². The Labute approximate surface area is 88.7 Å². The molecule has 82 valence electrons. The SMILES string of the molecule is CC1CCCC(C2CCCC(C)N2)C1. The van der Waals surface area contributed by atoms with Crippen molar-refractivity contribution >= 4 is 0 Å². The maximum atomic E-state index is 3.81. The molecule has 0 spiro atoms. The minimum atomic E-state index is 0.769. The van der Waals surface area contributed by atoms with Crippen molar-refractivity contribution in [1.82, 2.24) is 5.32 Å². The summed E-state index contributed by atoms with van der Waals surface area (Å²) in [5.74, 6) is 1.97. The van der Waals surface area contributed by atoms with Gasteiger partial charge in [0, 0.05) is 12.1 Å². The zero-order chi connectivity index (χ0) is 9.97. The number of piperidine rings is 1. The van der Waals surface area contributed by atoms with Crippen LogP contribution in [0.2, 0.25) is 0 Å². The predicted octanol–water partition coefficient (Wildman–Crippen LogP) is 3.34. The third-order valence-corrected chi connectivity index (χ3v) is 4.20. The van der Waals surface area contributed by atoms with Gasteiger partial charge in [0.15, 0.2) is 0 Å². The number of rotatable bonds is 1. The van der Waals surface area contributed by atoms with Crippen LogP contribution in [-0.2, 0) is 0 Å². The van der Waals surface area contributed by atoms with Crippen molar-refractivity contribution in [2.75, 3.05) is 0 Å². The van der Waals surface area contributed by atoms with Gasteiger partial charge in [0.05, 0.1) is 0 Å². The molecule has 1 aliphatic heterocycles. The second-order valence-corrected chi connectivity index (χ2v) is 5.64. The van der Waals surface area contributed by atoms with Crippen LogP contribution >= 0.6 is 0 Å². The Morgan fingerprint density at radius 1 is 0.929 bits per heavy atom. The summed E-state index contributed by atoms with van der Waals surface area (Å²) in [6.07, 6.45) is 10.2. The van der Waals surface area contributed by atoms with Crippen LogP contribution < -0.4 is 5.32 Å². The second kappa shape index (κ2) is 4.65. The van der Waals surface area contributed by atoms with Crippen LogP contribution in [-0.4, -0.2) is 12.1 Å². The first kappa shape index (κ1) is 10.5. The Balaban J connectivity index is 1.86. The van der Waals surface area contributed by atoms with Gasteiger partial charge in [-0.15, -0.1) is 0 Å². The first-order valence-electron chi connectivity index (χ1n) is 6.51. The van der Waals surface area contributed by atoms with Crippen LogP contribution in [0.5, 0.6) is 0 Å². The van der Waals surface area contributed by atoms with Gasteiger partial charge >= 0.3 is 0 Å². The van der Waals surface area contributed by atoms with Crippen molar-refractivity contribution in [2.24, 2.45) is 11.8 Å². The summed E-state index contributed by atoms with van der Waals surface area (Å²) < 4.78 is 0. The van der Waals surface area contributed by atoms with E-state index in [1.54, 1.807) is 0 Å². The molecule has 1 saturated heterocycles. The maximum absolute atomic E-state index is 3.81. The van der Waals surface area contributed by atoms with Crippen molar-refractivity contribution in [3.05, 3.63) is 0 Å². The van der Waals surface area contributed by atoms with E-state index in [9.17, 15) is 0 Å². The molecule has 2 aliphatic rings. The molecular weight excluding hydrogens is 170 g/mol. The second-order valence-electron chi connectivity index (χ2n) is 5.64. The van der Waals surface area contributed by atoms with Crippen molar-refractivity contribution in [2.45, 2.75) is 70.9 Å². The molecule has 1 aliphatic carbocycles. The molecule has 1 nitrogen and oxygen atoms in total. The lowest BCUT2D eigenvalue weighted by Gasteiger charge is -2.38. The molecule has 1 N–H and O–H groups in total. The normalized spacial score (nSPS) is 45.0. The molecule has 1 saturated carbocycles. The smallest absolute Gasteiger partial charge is 0.00979 e. The van der Waals surface area contributed by atoms with E-state index < -0.39 is 0 Å². The van der Waals surface area contributed by atoms with E-state index in [4.69, 9.17) is 0 Å². The van der Waals surface area contributed by atoms with Crippen molar-refractivity contribution in [3.8, 4) is 0 Å². The van der Waals surface area contributed by atoms with E-state index >= 15 is 0 Å². The summed E-state index contributed by atoms with van der Waals surface area (Å²) >= 11 is 0. The van der Waals surface area contributed by atoms with Gasteiger partial charge in [0.1, 0.15) is 0 Å². The zero-order valence-electron chi connectivity index (χ0n) is 9.76. The highest BCUT2D eigenvalue weighted by Crippen LogP contribution is 2.33. The Bertz CT molecular complexity index is 158. The third-order valence-electron chi connectivity index (χ3n) is 4.20. The fourth-order valence-electron chi connectivity index (χ4n) is 3.39. The van der Waals surface area contributed by atoms with E-state index in [1.165, 1.54) is 44.9 Å². The van der Waals surface area contributed by atoms with E-state index in [2.05, 4.69) is 19.2 Å². The number of hydrogen-bond donors (Lipinski definition) is 1. The highest BCUT2D eigenvalue weighted by Gasteiger charge is 2.29. The lowest BCUT2D eigenvalue weighted by atomic mass is 9.76. The lowest BCUT2D eigenvalue weighted by Crippen LogP contribution is -2.46. The molecule has 1 heterocycles. The monoisotopic (exact) mass is 195 g/mol. The minimum absolute atomic E-state index is 0.769. The van der Waals surface area contributed by atoms with Gasteiger partial charge in [-0.05, 0) is 44.4 Å². The summed E-state index contributed by atoms with van der Waals surface area (Å²) in [6.45, 7) is 4.77. The van der Waals surface area contributed by atoms with Crippen LogP contribution in [0.3, 0.4) is 0 Å². The summed E-state index contributed by atoms with van der Waals surface area (Å²) in [5.41, 5.74) is 0.